The molecule has 4 heterocycles. The molecule has 2 aliphatic heterocycles. The summed E-state index contributed by atoms with van der Waals surface area (Å²) in [6, 6.07) is 0.230. The minimum atomic E-state index is 0.230. The summed E-state index contributed by atoms with van der Waals surface area (Å²) < 4.78 is 11.0. The van der Waals surface area contributed by atoms with E-state index >= 15 is 0 Å². The van der Waals surface area contributed by atoms with Crippen LogP contribution in [0.5, 0.6) is 0 Å². The maximum atomic E-state index is 5.54. The van der Waals surface area contributed by atoms with Crippen molar-refractivity contribution in [1.29, 1.82) is 0 Å². The van der Waals surface area contributed by atoms with Gasteiger partial charge in [-0.05, 0) is 19.4 Å². The Kier molecular flexibility index (Phi) is 5.00. The molecule has 0 saturated carbocycles. The van der Waals surface area contributed by atoms with Gasteiger partial charge in [0.2, 0.25) is 5.89 Å². The highest BCUT2D eigenvalue weighted by Crippen LogP contribution is 2.34. The number of ether oxygens (including phenoxy) is 1. The minimum absolute atomic E-state index is 0.230. The van der Waals surface area contributed by atoms with Gasteiger partial charge in [0.25, 0.3) is 0 Å². The summed E-state index contributed by atoms with van der Waals surface area (Å²) in [6.07, 6.45) is 4.26. The molecule has 0 aliphatic carbocycles. The molecule has 0 bridgehead atoms. The van der Waals surface area contributed by atoms with E-state index in [0.717, 1.165) is 62.7 Å². The molecule has 2 aromatic heterocycles. The number of morpholine rings is 1. The molecule has 7 nitrogen and oxygen atoms in total. The van der Waals surface area contributed by atoms with Crippen molar-refractivity contribution in [3.8, 4) is 0 Å². The van der Waals surface area contributed by atoms with Gasteiger partial charge in [-0.25, -0.2) is 4.98 Å². The van der Waals surface area contributed by atoms with Crippen LogP contribution in [0.1, 0.15) is 55.2 Å². The maximum Gasteiger partial charge on any atom is 0.244 e. The van der Waals surface area contributed by atoms with Crippen molar-refractivity contribution in [2.45, 2.75) is 45.2 Å². The molecular weight excluding hydrogens is 338 g/mol. The van der Waals surface area contributed by atoms with Crippen LogP contribution in [0, 0.1) is 0 Å². The van der Waals surface area contributed by atoms with Gasteiger partial charge in [-0.2, -0.15) is 4.98 Å². The SMILES string of the molecule is CC(C)c1noc([C@@H]2CCCN2Cc2cnc(N3CCOCC3)s2)n1. The Morgan fingerprint density at radius 3 is 2.88 bits per heavy atom. The molecule has 2 saturated heterocycles. The molecule has 8 heteroatoms. The normalized spacial score (nSPS) is 22.2. The fourth-order valence-electron chi connectivity index (χ4n) is 3.38. The Morgan fingerprint density at radius 1 is 1.28 bits per heavy atom. The highest BCUT2D eigenvalue weighted by Gasteiger charge is 2.31. The Balaban J connectivity index is 1.43. The topological polar surface area (TPSA) is 67.5 Å². The Labute approximate surface area is 152 Å². The van der Waals surface area contributed by atoms with Crippen molar-refractivity contribution in [2.24, 2.45) is 0 Å². The summed E-state index contributed by atoms with van der Waals surface area (Å²) in [7, 11) is 0. The van der Waals surface area contributed by atoms with Crippen molar-refractivity contribution >= 4 is 16.5 Å². The molecule has 0 radical (unpaired) electrons. The largest absolute Gasteiger partial charge is 0.378 e. The standard InChI is InChI=1S/C17H25N5O2S/c1-12(2)15-19-16(24-20-15)14-4-3-5-22(14)11-13-10-18-17(25-13)21-6-8-23-9-7-21/h10,12,14H,3-9,11H2,1-2H3/t14-/m0/s1. The molecule has 0 N–H and O–H groups in total. The first-order chi connectivity index (χ1) is 12.2. The third kappa shape index (κ3) is 3.70. The van der Waals surface area contributed by atoms with E-state index in [2.05, 4.69) is 38.8 Å². The molecule has 1 atom stereocenters. The number of nitrogens with zero attached hydrogens (tertiary/aromatic N) is 5. The summed E-state index contributed by atoms with van der Waals surface area (Å²) in [6.45, 7) is 9.58. The Bertz CT molecular complexity index is 695. The first kappa shape index (κ1) is 16.9. The predicted octanol–water partition coefficient (Wildman–Crippen LogP) is 2.82. The van der Waals surface area contributed by atoms with Crippen LogP contribution in [0.15, 0.2) is 10.7 Å². The number of thiazole rings is 1. The quantitative estimate of drug-likeness (QED) is 0.809. The van der Waals surface area contributed by atoms with E-state index in [-0.39, 0.29) is 6.04 Å². The average Bonchev–Trinajstić information content (AvgIpc) is 3.36. The maximum absolute atomic E-state index is 5.54. The number of anilines is 1. The fraction of sp³-hybridized carbons (Fsp3) is 0.706. The lowest BCUT2D eigenvalue weighted by atomic mass is 10.2. The van der Waals surface area contributed by atoms with E-state index in [1.165, 1.54) is 11.3 Å². The summed E-state index contributed by atoms with van der Waals surface area (Å²) in [5.41, 5.74) is 0. The summed E-state index contributed by atoms with van der Waals surface area (Å²) in [4.78, 5) is 15.3. The molecule has 0 unspecified atom stereocenters. The lowest BCUT2D eigenvalue weighted by molar-refractivity contribution is 0.122. The van der Waals surface area contributed by atoms with Crippen LogP contribution in [0.4, 0.5) is 5.13 Å². The number of hydrogen-bond donors (Lipinski definition) is 0. The number of likely N-dealkylation sites (tertiary alicyclic amines) is 1. The zero-order chi connectivity index (χ0) is 17.2. The van der Waals surface area contributed by atoms with Gasteiger partial charge in [-0.1, -0.05) is 19.0 Å². The van der Waals surface area contributed by atoms with Crippen molar-refractivity contribution in [1.82, 2.24) is 20.0 Å². The lowest BCUT2D eigenvalue weighted by Gasteiger charge is -2.26. The number of rotatable bonds is 5. The molecule has 2 fully saturated rings. The van der Waals surface area contributed by atoms with Gasteiger partial charge < -0.3 is 14.2 Å². The van der Waals surface area contributed by atoms with Crippen LogP contribution in [0.25, 0.3) is 0 Å². The second-order valence-electron chi connectivity index (χ2n) is 6.98. The van der Waals surface area contributed by atoms with E-state index in [9.17, 15) is 0 Å². The second-order valence-corrected chi connectivity index (χ2v) is 8.08. The highest BCUT2D eigenvalue weighted by atomic mass is 32.1. The second kappa shape index (κ2) is 7.39. The third-order valence-electron chi connectivity index (χ3n) is 4.80. The van der Waals surface area contributed by atoms with Crippen molar-refractivity contribution in [3.63, 3.8) is 0 Å². The van der Waals surface area contributed by atoms with E-state index < -0.39 is 0 Å². The molecule has 2 aromatic rings. The van der Waals surface area contributed by atoms with E-state index in [1.807, 2.05) is 6.20 Å². The van der Waals surface area contributed by atoms with Gasteiger partial charge in [-0.15, -0.1) is 11.3 Å². The van der Waals surface area contributed by atoms with Crippen LogP contribution in [0.3, 0.4) is 0 Å². The molecule has 136 valence electrons. The van der Waals surface area contributed by atoms with Crippen molar-refractivity contribution < 1.29 is 9.26 Å². The first-order valence-electron chi connectivity index (χ1n) is 9.05. The van der Waals surface area contributed by atoms with E-state index in [1.54, 1.807) is 11.3 Å². The van der Waals surface area contributed by atoms with E-state index in [0.29, 0.717) is 5.92 Å². The molecule has 4 rings (SSSR count). The van der Waals surface area contributed by atoms with Gasteiger partial charge in [0.15, 0.2) is 11.0 Å². The molecule has 2 aliphatic rings. The van der Waals surface area contributed by atoms with Crippen molar-refractivity contribution in [3.05, 3.63) is 22.8 Å². The van der Waals surface area contributed by atoms with Crippen LogP contribution < -0.4 is 4.90 Å². The van der Waals surface area contributed by atoms with Crippen LogP contribution in [0.2, 0.25) is 0 Å². The molecular formula is C17H25N5O2S. The zero-order valence-corrected chi connectivity index (χ0v) is 15.7. The van der Waals surface area contributed by atoms with Crippen LogP contribution >= 0.6 is 11.3 Å². The van der Waals surface area contributed by atoms with E-state index in [4.69, 9.17) is 9.26 Å². The first-order valence-corrected chi connectivity index (χ1v) is 9.87. The summed E-state index contributed by atoms with van der Waals surface area (Å²) >= 11 is 1.78. The lowest BCUT2D eigenvalue weighted by Crippen LogP contribution is -2.36. The number of hydrogen-bond acceptors (Lipinski definition) is 8. The van der Waals surface area contributed by atoms with Crippen LogP contribution in [-0.2, 0) is 11.3 Å². The van der Waals surface area contributed by atoms with Gasteiger partial charge in [0.05, 0.1) is 19.3 Å². The van der Waals surface area contributed by atoms with Gasteiger partial charge in [0.1, 0.15) is 0 Å². The number of aromatic nitrogens is 3. The predicted molar refractivity (Wildman–Crippen MR) is 95.9 cm³/mol. The summed E-state index contributed by atoms with van der Waals surface area (Å²) in [5.74, 6) is 1.86. The molecule has 0 aromatic carbocycles. The minimum Gasteiger partial charge on any atom is -0.378 e. The smallest absolute Gasteiger partial charge is 0.244 e. The molecule has 0 amide bonds. The zero-order valence-electron chi connectivity index (χ0n) is 14.8. The monoisotopic (exact) mass is 363 g/mol. The Hall–Kier alpha value is -1.51. The highest BCUT2D eigenvalue weighted by molar-refractivity contribution is 7.15. The summed E-state index contributed by atoms with van der Waals surface area (Å²) in [5, 5.41) is 5.23. The Morgan fingerprint density at radius 2 is 2.12 bits per heavy atom. The van der Waals surface area contributed by atoms with Gasteiger partial charge in [0, 0.05) is 36.6 Å². The fourth-order valence-corrected chi connectivity index (χ4v) is 4.37. The average molecular weight is 363 g/mol. The molecule has 25 heavy (non-hydrogen) atoms. The third-order valence-corrected chi connectivity index (χ3v) is 5.85. The molecule has 0 spiro atoms. The van der Waals surface area contributed by atoms with Gasteiger partial charge in [-0.3, -0.25) is 4.90 Å². The van der Waals surface area contributed by atoms with Crippen molar-refractivity contribution in [2.75, 3.05) is 37.7 Å². The van der Waals surface area contributed by atoms with Gasteiger partial charge >= 0.3 is 0 Å². The van der Waals surface area contributed by atoms with Crippen LogP contribution in [-0.4, -0.2) is 52.9 Å².